The van der Waals surface area contributed by atoms with E-state index in [2.05, 4.69) is 32.2 Å². The minimum absolute atomic E-state index is 0.123. The third kappa shape index (κ3) is 7.79. The van der Waals surface area contributed by atoms with E-state index in [0.29, 0.717) is 42.4 Å². The molecule has 250 valence electrons. The molecule has 0 radical (unpaired) electrons. The highest BCUT2D eigenvalue weighted by atomic mass is 32.2. The molecule has 4 heterocycles. The summed E-state index contributed by atoms with van der Waals surface area (Å²) in [5.41, 5.74) is -6.31. The van der Waals surface area contributed by atoms with Crippen LogP contribution in [0.4, 0.5) is 26.3 Å². The van der Waals surface area contributed by atoms with Crippen LogP contribution in [0.1, 0.15) is 31.1 Å². The van der Waals surface area contributed by atoms with E-state index in [0.717, 1.165) is 11.5 Å². The van der Waals surface area contributed by atoms with Crippen LogP contribution in [0, 0.1) is 5.82 Å². The number of aromatic nitrogens is 3. The molecule has 18 heteroatoms. The molecule has 0 saturated carbocycles. The smallest absolute Gasteiger partial charge is 0.499 e. The molecule has 0 aromatic carbocycles. The highest BCUT2D eigenvalue weighted by molar-refractivity contribution is 7.88. The second kappa shape index (κ2) is 15.0. The first-order valence-corrected chi connectivity index (χ1v) is 15.4. The van der Waals surface area contributed by atoms with E-state index < -0.39 is 55.0 Å². The predicted octanol–water partition coefficient (Wildman–Crippen LogP) is 6.59. The van der Waals surface area contributed by atoms with Gasteiger partial charge in [0.05, 0.1) is 37.5 Å². The third-order valence-electron chi connectivity index (χ3n) is 6.42. The molecule has 2 unspecified atom stereocenters. The maximum absolute atomic E-state index is 14.9. The SMILES string of the molecule is C=CC(=O)N1C(C)Cn2nc(-c3nc(OS(=O)(=O)C(F)(F)F)c4scc(F)c4c3C=C(F)/C=C/F)cc2C1C.C=COCCOC. The maximum atomic E-state index is 14.9. The van der Waals surface area contributed by atoms with Crippen molar-refractivity contribution in [1.29, 1.82) is 0 Å². The van der Waals surface area contributed by atoms with Crippen molar-refractivity contribution >= 4 is 43.5 Å². The molecular formula is C28H28F6N4O6S2. The fourth-order valence-electron chi connectivity index (χ4n) is 4.49. The van der Waals surface area contributed by atoms with Gasteiger partial charge in [0, 0.05) is 35.6 Å². The molecule has 46 heavy (non-hydrogen) atoms. The number of halogens is 6. The second-order valence-electron chi connectivity index (χ2n) is 9.41. The lowest BCUT2D eigenvalue weighted by atomic mass is 10.0. The molecule has 1 amide bonds. The zero-order valence-electron chi connectivity index (χ0n) is 24.6. The number of allylic oxidation sites excluding steroid dienone is 2. The highest BCUT2D eigenvalue weighted by Gasteiger charge is 2.49. The van der Waals surface area contributed by atoms with Crippen LogP contribution < -0.4 is 4.18 Å². The Morgan fingerprint density at radius 2 is 1.93 bits per heavy atom. The number of amides is 1. The van der Waals surface area contributed by atoms with Gasteiger partial charge < -0.3 is 18.6 Å². The predicted molar refractivity (Wildman–Crippen MR) is 159 cm³/mol. The monoisotopic (exact) mass is 694 g/mol. The zero-order chi connectivity index (χ0) is 34.4. The standard InChI is InChI=1S/C23H18F6N4O4S2.C5H10O2/c1-4-18(34)33-11(2)9-32-17(12(33)3)8-16(31-32)20-14(7-13(25)5-6-24)19-15(26)10-38-21(19)22(30-20)37-39(35,36)23(27,28)29;1-3-7-5-4-6-2/h4-8,10-12H,1,9H2,2-3H3;3H,1,4-5H2,2H3/b6-5+,13-7?;. The van der Waals surface area contributed by atoms with Gasteiger partial charge in [-0.15, -0.1) is 11.3 Å². The topological polar surface area (TPSA) is 113 Å². The van der Waals surface area contributed by atoms with Gasteiger partial charge in [0.25, 0.3) is 5.88 Å². The fourth-order valence-corrected chi connectivity index (χ4v) is 5.81. The third-order valence-corrected chi connectivity index (χ3v) is 8.30. The summed E-state index contributed by atoms with van der Waals surface area (Å²) in [4.78, 5) is 17.8. The molecule has 1 aliphatic heterocycles. The Balaban J connectivity index is 0.000000738. The van der Waals surface area contributed by atoms with Crippen LogP contribution in [-0.4, -0.2) is 65.9 Å². The molecular weight excluding hydrogens is 666 g/mol. The Morgan fingerprint density at radius 1 is 1.24 bits per heavy atom. The van der Waals surface area contributed by atoms with Crippen molar-refractivity contribution in [3.05, 3.63) is 72.2 Å². The van der Waals surface area contributed by atoms with Crippen LogP contribution >= 0.6 is 11.3 Å². The van der Waals surface area contributed by atoms with E-state index in [9.17, 15) is 39.6 Å². The molecule has 0 N–H and O–H groups in total. The summed E-state index contributed by atoms with van der Waals surface area (Å²) in [6, 6.07) is 0.451. The Kier molecular flexibility index (Phi) is 11.8. The van der Waals surface area contributed by atoms with E-state index >= 15 is 0 Å². The maximum Gasteiger partial charge on any atom is 0.534 e. The number of nitrogens with zero attached hydrogens (tertiary/aromatic N) is 4. The summed E-state index contributed by atoms with van der Waals surface area (Å²) in [6.07, 6.45) is 3.48. The summed E-state index contributed by atoms with van der Waals surface area (Å²) in [5, 5.41) is 4.68. The number of alkyl halides is 3. The van der Waals surface area contributed by atoms with E-state index in [4.69, 9.17) is 4.74 Å². The first-order chi connectivity index (χ1) is 21.6. The van der Waals surface area contributed by atoms with Gasteiger partial charge in [-0.3, -0.25) is 9.48 Å². The van der Waals surface area contributed by atoms with Gasteiger partial charge in [-0.2, -0.15) is 26.7 Å². The lowest BCUT2D eigenvalue weighted by Gasteiger charge is -2.38. The fraction of sp³-hybridized carbons (Fsp3) is 0.321. The van der Waals surface area contributed by atoms with Crippen LogP contribution in [0.2, 0.25) is 0 Å². The van der Waals surface area contributed by atoms with Crippen molar-refractivity contribution < 1.29 is 53.2 Å². The van der Waals surface area contributed by atoms with Gasteiger partial charge in [0.2, 0.25) is 5.91 Å². The number of thiophene rings is 1. The molecule has 10 nitrogen and oxygen atoms in total. The number of methoxy groups -OCH3 is 1. The number of fused-ring (bicyclic) bond motifs is 2. The molecule has 0 fully saturated rings. The number of rotatable bonds is 10. The van der Waals surface area contributed by atoms with Crippen molar-refractivity contribution in [2.24, 2.45) is 0 Å². The molecule has 0 aliphatic carbocycles. The number of hydrogen-bond acceptors (Lipinski definition) is 9. The van der Waals surface area contributed by atoms with E-state index in [1.165, 1.54) is 21.9 Å². The average Bonchev–Trinajstić information content (AvgIpc) is 3.58. The minimum atomic E-state index is -6.22. The summed E-state index contributed by atoms with van der Waals surface area (Å²) < 4.78 is 119. The van der Waals surface area contributed by atoms with Crippen LogP contribution in [0.25, 0.3) is 27.6 Å². The van der Waals surface area contributed by atoms with Crippen molar-refractivity contribution in [3.63, 3.8) is 0 Å². The Morgan fingerprint density at radius 3 is 2.52 bits per heavy atom. The van der Waals surface area contributed by atoms with Crippen molar-refractivity contribution in [3.8, 4) is 17.3 Å². The number of carbonyl (C=O) groups excluding carboxylic acids is 1. The molecule has 0 saturated heterocycles. The lowest BCUT2D eigenvalue weighted by molar-refractivity contribution is -0.131. The summed E-state index contributed by atoms with van der Waals surface area (Å²) in [7, 11) is -4.59. The molecule has 0 spiro atoms. The van der Waals surface area contributed by atoms with Crippen LogP contribution in [-0.2, 0) is 30.9 Å². The van der Waals surface area contributed by atoms with Gasteiger partial charge in [-0.1, -0.05) is 13.2 Å². The van der Waals surface area contributed by atoms with Gasteiger partial charge in [0.15, 0.2) is 0 Å². The van der Waals surface area contributed by atoms with Crippen molar-refractivity contribution in [2.45, 2.75) is 38.0 Å². The van der Waals surface area contributed by atoms with Gasteiger partial charge in [0.1, 0.15) is 34.3 Å². The Labute approximate surface area is 264 Å². The quantitative estimate of drug-likeness (QED) is 0.0445. The molecule has 0 bridgehead atoms. The number of carbonyl (C=O) groups is 1. The van der Waals surface area contributed by atoms with Gasteiger partial charge in [-0.25, -0.2) is 18.2 Å². The van der Waals surface area contributed by atoms with Crippen LogP contribution in [0.5, 0.6) is 5.88 Å². The molecule has 1 aliphatic rings. The van der Waals surface area contributed by atoms with E-state index in [-0.39, 0.29) is 36.1 Å². The Hall–Kier alpha value is -4.16. The zero-order valence-corrected chi connectivity index (χ0v) is 26.2. The molecule has 3 aromatic heterocycles. The van der Waals surface area contributed by atoms with Gasteiger partial charge >= 0.3 is 15.6 Å². The highest BCUT2D eigenvalue weighted by Crippen LogP contribution is 2.42. The normalized spacial score (nSPS) is 17.0. The van der Waals surface area contributed by atoms with E-state index in [1.807, 2.05) is 0 Å². The van der Waals surface area contributed by atoms with Crippen molar-refractivity contribution in [1.82, 2.24) is 19.7 Å². The van der Waals surface area contributed by atoms with E-state index in [1.54, 1.807) is 21.0 Å². The van der Waals surface area contributed by atoms with Crippen LogP contribution in [0.15, 0.2) is 55.2 Å². The molecule has 4 rings (SSSR count). The lowest BCUT2D eigenvalue weighted by Crippen LogP contribution is -2.46. The number of ether oxygens (including phenoxy) is 2. The number of pyridine rings is 1. The largest absolute Gasteiger partial charge is 0.534 e. The van der Waals surface area contributed by atoms with Crippen LogP contribution in [0.3, 0.4) is 0 Å². The second-order valence-corrected chi connectivity index (χ2v) is 11.8. The summed E-state index contributed by atoms with van der Waals surface area (Å²) in [6.45, 7) is 11.7. The minimum Gasteiger partial charge on any atom is -0.499 e. The molecule has 2 atom stereocenters. The summed E-state index contributed by atoms with van der Waals surface area (Å²) >= 11 is 0.467. The molecule has 3 aromatic rings. The first kappa shape index (κ1) is 36.3. The first-order valence-electron chi connectivity index (χ1n) is 13.1. The summed E-state index contributed by atoms with van der Waals surface area (Å²) in [5.74, 6) is -3.75. The van der Waals surface area contributed by atoms with Gasteiger partial charge in [-0.05, 0) is 32.1 Å². The number of hydrogen-bond donors (Lipinski definition) is 0. The Bertz CT molecular complexity index is 1770. The van der Waals surface area contributed by atoms with Crippen molar-refractivity contribution in [2.75, 3.05) is 20.3 Å². The average molecular weight is 695 g/mol.